The zero-order valence-electron chi connectivity index (χ0n) is 12.8. The highest BCUT2D eigenvalue weighted by Crippen LogP contribution is 2.31. The van der Waals surface area contributed by atoms with Crippen molar-refractivity contribution in [3.63, 3.8) is 0 Å². The number of amides is 1. The van der Waals surface area contributed by atoms with Crippen LogP contribution in [-0.2, 0) is 5.75 Å². The molecule has 0 aliphatic rings. The van der Waals surface area contributed by atoms with Crippen LogP contribution in [0, 0.1) is 0 Å². The summed E-state index contributed by atoms with van der Waals surface area (Å²) in [5.41, 5.74) is 0.168. The van der Waals surface area contributed by atoms with E-state index in [2.05, 4.69) is 10.1 Å². The van der Waals surface area contributed by atoms with E-state index < -0.39 is 18.3 Å². The number of benzene rings is 1. The van der Waals surface area contributed by atoms with E-state index in [0.717, 1.165) is 0 Å². The average molecular weight is 379 g/mol. The van der Waals surface area contributed by atoms with Gasteiger partial charge in [-0.05, 0) is 24.3 Å². The number of halogens is 4. The van der Waals surface area contributed by atoms with E-state index in [0.29, 0.717) is 11.8 Å². The molecule has 0 atom stereocenters. The molecular weight excluding hydrogens is 366 g/mol. The molecule has 0 saturated heterocycles. The van der Waals surface area contributed by atoms with Gasteiger partial charge in [-0.2, -0.15) is 17.6 Å². The molecule has 0 aliphatic heterocycles. The maximum atomic E-state index is 12.4. The molecular formula is C15H13F4NO4S. The summed E-state index contributed by atoms with van der Waals surface area (Å²) in [6.45, 7) is -3.06. The molecule has 0 radical (unpaired) electrons. The topological polar surface area (TPSA) is 60.7 Å². The molecule has 0 bridgehead atoms. The van der Waals surface area contributed by atoms with Gasteiger partial charge in [0.25, 0.3) is 11.7 Å². The summed E-state index contributed by atoms with van der Waals surface area (Å²) in [6, 6.07) is 6.67. The Hall–Kier alpha value is -2.36. The third-order valence-electron chi connectivity index (χ3n) is 2.87. The first kappa shape index (κ1) is 19.0. The number of alkyl halides is 4. The third-order valence-corrected chi connectivity index (χ3v) is 3.58. The molecule has 10 heteroatoms. The van der Waals surface area contributed by atoms with Gasteiger partial charge in [0.2, 0.25) is 0 Å². The molecule has 0 aliphatic carbocycles. The van der Waals surface area contributed by atoms with Gasteiger partial charge in [-0.15, -0.1) is 0 Å². The molecule has 25 heavy (non-hydrogen) atoms. The predicted molar refractivity (Wildman–Crippen MR) is 83.6 cm³/mol. The van der Waals surface area contributed by atoms with E-state index in [1.807, 2.05) is 0 Å². The van der Waals surface area contributed by atoms with E-state index >= 15 is 0 Å². The maximum absolute atomic E-state index is 12.4. The number of furan rings is 1. The van der Waals surface area contributed by atoms with Crippen molar-refractivity contribution in [2.75, 3.05) is 12.4 Å². The number of methoxy groups -OCH3 is 1. The van der Waals surface area contributed by atoms with Crippen LogP contribution in [0.15, 0.2) is 34.7 Å². The second kappa shape index (κ2) is 8.65. The summed E-state index contributed by atoms with van der Waals surface area (Å²) in [7, 11) is 1.29. The zero-order chi connectivity index (χ0) is 18.4. The standard InChI is InChI=1S/C15H13F4NO4S/c1-22-10-4-2-8(6-12(10)24-14(16)17)20-13(21)11-5-3-9(23-11)7-25-15(18)19/h2-6,14-15H,7H2,1H3,(H,20,21). The molecule has 0 fully saturated rings. The smallest absolute Gasteiger partial charge is 0.387 e. The molecule has 2 aromatic rings. The Balaban J connectivity index is 2.07. The lowest BCUT2D eigenvalue weighted by Crippen LogP contribution is -2.11. The van der Waals surface area contributed by atoms with Crippen LogP contribution >= 0.6 is 11.8 Å². The highest BCUT2D eigenvalue weighted by atomic mass is 32.2. The molecule has 2 rings (SSSR count). The molecule has 1 N–H and O–H groups in total. The lowest BCUT2D eigenvalue weighted by molar-refractivity contribution is -0.0511. The number of ether oxygens (including phenoxy) is 2. The summed E-state index contributed by atoms with van der Waals surface area (Å²) in [5, 5.41) is 2.43. The van der Waals surface area contributed by atoms with Crippen LogP contribution < -0.4 is 14.8 Å². The summed E-state index contributed by atoms with van der Waals surface area (Å²) in [5.74, 6) is -3.36. The monoisotopic (exact) mass is 379 g/mol. The van der Waals surface area contributed by atoms with E-state index in [1.165, 1.54) is 37.4 Å². The highest BCUT2D eigenvalue weighted by Gasteiger charge is 2.16. The van der Waals surface area contributed by atoms with Crippen LogP contribution in [0.5, 0.6) is 11.5 Å². The van der Waals surface area contributed by atoms with E-state index in [1.54, 1.807) is 0 Å². The van der Waals surface area contributed by atoms with Crippen LogP contribution in [0.1, 0.15) is 16.3 Å². The van der Waals surface area contributed by atoms with Crippen molar-refractivity contribution in [2.24, 2.45) is 0 Å². The number of rotatable bonds is 8. The lowest BCUT2D eigenvalue weighted by atomic mass is 10.2. The van der Waals surface area contributed by atoms with Crippen LogP contribution in [0.25, 0.3) is 0 Å². The van der Waals surface area contributed by atoms with Gasteiger partial charge in [0, 0.05) is 11.8 Å². The van der Waals surface area contributed by atoms with Gasteiger partial charge in [-0.1, -0.05) is 11.8 Å². The quantitative estimate of drug-likeness (QED) is 0.680. The van der Waals surface area contributed by atoms with Gasteiger partial charge in [0.1, 0.15) is 5.76 Å². The SMILES string of the molecule is COc1ccc(NC(=O)c2ccc(CSC(F)F)o2)cc1OC(F)F. The zero-order valence-corrected chi connectivity index (χ0v) is 13.6. The van der Waals surface area contributed by atoms with Crippen LogP contribution in [0.3, 0.4) is 0 Å². The van der Waals surface area contributed by atoms with Crippen LogP contribution in [0.4, 0.5) is 23.2 Å². The van der Waals surface area contributed by atoms with Crippen molar-refractivity contribution in [1.29, 1.82) is 0 Å². The average Bonchev–Trinajstić information content (AvgIpc) is 3.02. The van der Waals surface area contributed by atoms with Gasteiger partial charge in [-0.25, -0.2) is 0 Å². The Morgan fingerprint density at radius 2 is 1.96 bits per heavy atom. The van der Waals surface area contributed by atoms with Crippen molar-refractivity contribution in [3.05, 3.63) is 41.9 Å². The Morgan fingerprint density at radius 3 is 2.60 bits per heavy atom. The number of carbonyl (C=O) groups excluding carboxylic acids is 1. The Bertz CT molecular complexity index is 723. The fourth-order valence-corrected chi connectivity index (χ4v) is 2.30. The van der Waals surface area contributed by atoms with E-state index in [4.69, 9.17) is 9.15 Å². The number of hydrogen-bond acceptors (Lipinski definition) is 5. The Kier molecular flexibility index (Phi) is 6.57. The molecule has 1 aromatic carbocycles. The largest absolute Gasteiger partial charge is 0.493 e. The van der Waals surface area contributed by atoms with Gasteiger partial charge in [0.05, 0.1) is 12.9 Å². The van der Waals surface area contributed by atoms with Gasteiger partial charge in [-0.3, -0.25) is 4.79 Å². The number of carbonyl (C=O) groups is 1. The number of nitrogens with one attached hydrogen (secondary N) is 1. The summed E-state index contributed by atoms with van der Waals surface area (Å²) in [4.78, 5) is 12.1. The lowest BCUT2D eigenvalue weighted by Gasteiger charge is -2.11. The molecule has 1 heterocycles. The Morgan fingerprint density at radius 1 is 1.20 bits per heavy atom. The number of hydrogen-bond donors (Lipinski definition) is 1. The van der Waals surface area contributed by atoms with Gasteiger partial charge < -0.3 is 19.2 Å². The number of anilines is 1. The first-order valence-electron chi connectivity index (χ1n) is 6.81. The second-order valence-electron chi connectivity index (χ2n) is 4.54. The first-order valence-corrected chi connectivity index (χ1v) is 7.86. The summed E-state index contributed by atoms with van der Waals surface area (Å²) < 4.78 is 63.4. The third kappa shape index (κ3) is 5.59. The van der Waals surface area contributed by atoms with Crippen LogP contribution in [-0.4, -0.2) is 25.4 Å². The fourth-order valence-electron chi connectivity index (χ4n) is 1.86. The molecule has 0 unspecified atom stereocenters. The minimum absolute atomic E-state index is 0.0719. The van der Waals surface area contributed by atoms with E-state index in [-0.39, 0.29) is 34.5 Å². The summed E-state index contributed by atoms with van der Waals surface area (Å²) >= 11 is 0.365. The minimum atomic E-state index is -3.06. The molecule has 0 saturated carbocycles. The predicted octanol–water partition coefficient (Wildman–Crippen LogP) is 4.60. The van der Waals surface area contributed by atoms with Crippen molar-refractivity contribution >= 4 is 23.4 Å². The first-order chi connectivity index (χ1) is 11.9. The second-order valence-corrected chi connectivity index (χ2v) is 5.51. The molecule has 136 valence electrons. The molecule has 1 aromatic heterocycles. The summed E-state index contributed by atoms with van der Waals surface area (Å²) in [6.07, 6.45) is 0. The maximum Gasteiger partial charge on any atom is 0.387 e. The van der Waals surface area contributed by atoms with Crippen molar-refractivity contribution in [1.82, 2.24) is 0 Å². The van der Waals surface area contributed by atoms with Crippen molar-refractivity contribution in [3.8, 4) is 11.5 Å². The van der Waals surface area contributed by atoms with Crippen LogP contribution in [0.2, 0.25) is 0 Å². The number of thioether (sulfide) groups is 1. The highest BCUT2D eigenvalue weighted by molar-refractivity contribution is 7.98. The molecule has 1 amide bonds. The fraction of sp³-hybridized carbons (Fsp3) is 0.267. The minimum Gasteiger partial charge on any atom is -0.493 e. The van der Waals surface area contributed by atoms with Gasteiger partial charge in [0.15, 0.2) is 17.3 Å². The molecule has 5 nitrogen and oxygen atoms in total. The van der Waals surface area contributed by atoms with Gasteiger partial charge >= 0.3 is 6.61 Å². The van der Waals surface area contributed by atoms with E-state index in [9.17, 15) is 22.4 Å². The molecule has 0 spiro atoms. The normalized spacial score (nSPS) is 11.0. The van der Waals surface area contributed by atoms with Crippen molar-refractivity contribution < 1.29 is 36.2 Å². The Labute approximate surface area is 144 Å². The van der Waals surface area contributed by atoms with Crippen molar-refractivity contribution in [2.45, 2.75) is 18.1 Å².